The quantitative estimate of drug-likeness (QED) is 0.805. The first-order chi connectivity index (χ1) is 9.18. The zero-order chi connectivity index (χ0) is 15.2. The fourth-order valence-electron chi connectivity index (χ4n) is 2.55. The molecule has 3 heteroatoms. The van der Waals surface area contributed by atoms with Crippen molar-refractivity contribution in [2.24, 2.45) is 5.41 Å². The van der Waals surface area contributed by atoms with Gasteiger partial charge in [-0.3, -0.25) is 0 Å². The van der Waals surface area contributed by atoms with Gasteiger partial charge in [-0.15, -0.1) is 0 Å². The van der Waals surface area contributed by atoms with E-state index in [0.717, 1.165) is 12.2 Å². The van der Waals surface area contributed by atoms with Crippen molar-refractivity contribution in [3.63, 3.8) is 0 Å². The highest BCUT2D eigenvalue weighted by molar-refractivity contribution is 5.20. The number of ether oxygens (including phenoxy) is 1. The van der Waals surface area contributed by atoms with Crippen molar-refractivity contribution in [2.75, 3.05) is 13.2 Å². The van der Waals surface area contributed by atoms with Crippen LogP contribution in [-0.2, 0) is 0 Å². The maximum Gasteiger partial charge on any atom is 0.119 e. The molecule has 0 aliphatic rings. The van der Waals surface area contributed by atoms with Crippen LogP contribution in [0.3, 0.4) is 0 Å². The summed E-state index contributed by atoms with van der Waals surface area (Å²) < 4.78 is 5.54. The van der Waals surface area contributed by atoms with E-state index in [2.05, 4.69) is 39.9 Å². The van der Waals surface area contributed by atoms with Crippen molar-refractivity contribution in [2.45, 2.75) is 52.7 Å². The summed E-state index contributed by atoms with van der Waals surface area (Å²) in [6.45, 7) is 11.9. The Hall–Kier alpha value is -1.06. The fourth-order valence-corrected chi connectivity index (χ4v) is 2.55. The third-order valence-corrected chi connectivity index (χ3v) is 2.97. The molecule has 1 unspecified atom stereocenters. The van der Waals surface area contributed by atoms with Gasteiger partial charge in [0.15, 0.2) is 0 Å². The number of nitrogens with one attached hydrogen (secondary N) is 1. The van der Waals surface area contributed by atoms with Gasteiger partial charge in [-0.25, -0.2) is 0 Å². The third kappa shape index (κ3) is 7.51. The molecule has 0 aromatic heterocycles. The van der Waals surface area contributed by atoms with E-state index >= 15 is 0 Å². The van der Waals surface area contributed by atoms with E-state index < -0.39 is 6.10 Å². The van der Waals surface area contributed by atoms with E-state index in [1.165, 1.54) is 0 Å². The van der Waals surface area contributed by atoms with Gasteiger partial charge in [-0.2, -0.15) is 0 Å². The monoisotopic (exact) mass is 279 g/mol. The highest BCUT2D eigenvalue weighted by atomic mass is 16.5. The first-order valence-corrected chi connectivity index (χ1v) is 7.29. The number of β-amino-alcohol motifs (C(OH)–C–C–N with tert-alkyl or cyclic N) is 1. The minimum Gasteiger partial charge on any atom is -0.491 e. The van der Waals surface area contributed by atoms with E-state index in [4.69, 9.17) is 4.74 Å². The Morgan fingerprint density at radius 3 is 2.25 bits per heavy atom. The number of rotatable bonds is 7. The van der Waals surface area contributed by atoms with Crippen molar-refractivity contribution in [1.82, 2.24) is 5.32 Å². The summed E-state index contributed by atoms with van der Waals surface area (Å²) in [5, 5.41) is 13.4. The van der Waals surface area contributed by atoms with Crippen LogP contribution >= 0.6 is 0 Å². The fraction of sp³-hybridized carbons (Fsp3) is 0.647. The molecule has 3 nitrogen and oxygen atoms in total. The summed E-state index contributed by atoms with van der Waals surface area (Å²) in [6.07, 6.45) is 0.543. The van der Waals surface area contributed by atoms with Crippen molar-refractivity contribution in [1.29, 1.82) is 0 Å². The van der Waals surface area contributed by atoms with Crippen molar-refractivity contribution < 1.29 is 9.84 Å². The zero-order valence-electron chi connectivity index (χ0n) is 13.4. The van der Waals surface area contributed by atoms with Crippen LogP contribution in [0.4, 0.5) is 0 Å². The summed E-state index contributed by atoms with van der Waals surface area (Å²) in [5.41, 5.74) is 0.272. The Kier molecular flexibility index (Phi) is 6.03. The Morgan fingerprint density at radius 2 is 1.70 bits per heavy atom. The summed E-state index contributed by atoms with van der Waals surface area (Å²) in [5.74, 6) is 0.792. The molecule has 1 atom stereocenters. The minimum atomic E-state index is -0.505. The van der Waals surface area contributed by atoms with Gasteiger partial charge in [0.1, 0.15) is 18.5 Å². The number of aliphatic hydroxyl groups excluding tert-OH is 1. The first kappa shape index (κ1) is 17.0. The van der Waals surface area contributed by atoms with Gasteiger partial charge in [0, 0.05) is 12.1 Å². The summed E-state index contributed by atoms with van der Waals surface area (Å²) >= 11 is 0. The first-order valence-electron chi connectivity index (χ1n) is 7.29. The van der Waals surface area contributed by atoms with Gasteiger partial charge in [0.2, 0.25) is 0 Å². The van der Waals surface area contributed by atoms with Crippen molar-refractivity contribution >= 4 is 0 Å². The molecular formula is C17H29NO2. The maximum absolute atomic E-state index is 9.98. The SMILES string of the molecule is CC(C)(C)CC(C)(C)NCC(O)COc1ccccc1. The van der Waals surface area contributed by atoms with E-state index in [-0.39, 0.29) is 11.0 Å². The van der Waals surface area contributed by atoms with Crippen LogP contribution in [0.15, 0.2) is 30.3 Å². The average Bonchev–Trinajstić information content (AvgIpc) is 2.32. The molecule has 2 N–H and O–H groups in total. The molecule has 0 heterocycles. The molecule has 1 rings (SSSR count). The standard InChI is InChI=1S/C17H29NO2/c1-16(2,3)13-17(4,5)18-11-14(19)12-20-15-9-7-6-8-10-15/h6-10,14,18-19H,11-13H2,1-5H3. The zero-order valence-corrected chi connectivity index (χ0v) is 13.4. The summed E-state index contributed by atoms with van der Waals surface area (Å²) in [7, 11) is 0. The second kappa shape index (κ2) is 7.09. The largest absolute Gasteiger partial charge is 0.491 e. The van der Waals surface area contributed by atoms with Gasteiger partial charge in [-0.1, -0.05) is 39.0 Å². The predicted octanol–water partition coefficient (Wildman–Crippen LogP) is 3.23. The van der Waals surface area contributed by atoms with Crippen LogP contribution in [0.1, 0.15) is 41.0 Å². The van der Waals surface area contributed by atoms with Crippen LogP contribution in [-0.4, -0.2) is 29.9 Å². The van der Waals surface area contributed by atoms with Crippen LogP contribution in [0.5, 0.6) is 5.75 Å². The van der Waals surface area contributed by atoms with Crippen LogP contribution < -0.4 is 10.1 Å². The van der Waals surface area contributed by atoms with E-state index in [9.17, 15) is 5.11 Å². The smallest absolute Gasteiger partial charge is 0.119 e. The minimum absolute atomic E-state index is 0.00593. The molecule has 0 saturated heterocycles. The Balaban J connectivity index is 2.30. The Bertz CT molecular complexity index is 382. The normalized spacial score (nSPS) is 14.1. The molecular weight excluding hydrogens is 250 g/mol. The Morgan fingerprint density at radius 1 is 1.10 bits per heavy atom. The van der Waals surface area contributed by atoms with E-state index in [0.29, 0.717) is 13.2 Å². The molecule has 20 heavy (non-hydrogen) atoms. The maximum atomic E-state index is 9.98. The summed E-state index contributed by atoms with van der Waals surface area (Å²) in [4.78, 5) is 0. The lowest BCUT2D eigenvalue weighted by Gasteiger charge is -2.34. The second-order valence-electron chi connectivity index (χ2n) is 7.28. The van der Waals surface area contributed by atoms with Crippen molar-refractivity contribution in [3.8, 4) is 5.75 Å². The highest BCUT2D eigenvalue weighted by Gasteiger charge is 2.25. The van der Waals surface area contributed by atoms with Crippen LogP contribution in [0, 0.1) is 5.41 Å². The highest BCUT2D eigenvalue weighted by Crippen LogP contribution is 2.26. The van der Waals surface area contributed by atoms with Gasteiger partial charge in [0.05, 0.1) is 0 Å². The number of hydrogen-bond acceptors (Lipinski definition) is 3. The lowest BCUT2D eigenvalue weighted by Crippen LogP contribution is -2.46. The predicted molar refractivity (Wildman–Crippen MR) is 84.1 cm³/mol. The molecule has 1 aromatic rings. The summed E-state index contributed by atoms with van der Waals surface area (Å²) in [6, 6.07) is 9.58. The topological polar surface area (TPSA) is 41.5 Å². The van der Waals surface area contributed by atoms with Gasteiger partial charge >= 0.3 is 0 Å². The van der Waals surface area contributed by atoms with Gasteiger partial charge in [0.25, 0.3) is 0 Å². The molecule has 0 bridgehead atoms. The van der Waals surface area contributed by atoms with E-state index in [1.807, 2.05) is 30.3 Å². The van der Waals surface area contributed by atoms with Crippen LogP contribution in [0.2, 0.25) is 0 Å². The Labute approximate surface area is 123 Å². The molecule has 0 radical (unpaired) electrons. The number of para-hydroxylation sites is 1. The molecule has 0 saturated carbocycles. The molecule has 0 fully saturated rings. The number of hydrogen-bond donors (Lipinski definition) is 2. The van der Waals surface area contributed by atoms with Crippen LogP contribution in [0.25, 0.3) is 0 Å². The lowest BCUT2D eigenvalue weighted by molar-refractivity contribution is 0.0944. The molecule has 1 aromatic carbocycles. The lowest BCUT2D eigenvalue weighted by atomic mass is 9.82. The second-order valence-corrected chi connectivity index (χ2v) is 7.28. The molecule has 0 aliphatic carbocycles. The number of aliphatic hydroxyl groups is 1. The average molecular weight is 279 g/mol. The van der Waals surface area contributed by atoms with Gasteiger partial charge < -0.3 is 15.2 Å². The molecule has 0 aliphatic heterocycles. The molecule has 0 spiro atoms. The van der Waals surface area contributed by atoms with Gasteiger partial charge in [-0.05, 0) is 37.8 Å². The van der Waals surface area contributed by atoms with Crippen molar-refractivity contribution in [3.05, 3.63) is 30.3 Å². The number of benzene rings is 1. The molecule has 114 valence electrons. The molecule has 0 amide bonds. The third-order valence-electron chi connectivity index (χ3n) is 2.97. The van der Waals surface area contributed by atoms with E-state index in [1.54, 1.807) is 0 Å².